The quantitative estimate of drug-likeness (QED) is 0.144. The Labute approximate surface area is 109 Å². The number of nitrogens with one attached hydrogen (secondary N) is 3. The molecule has 0 radical (unpaired) electrons. The van der Waals surface area contributed by atoms with Crippen LogP contribution in [0, 0.1) is 10.8 Å². The Kier molecular flexibility index (Phi) is 5.18. The van der Waals surface area contributed by atoms with Crippen LogP contribution in [0.5, 0.6) is 0 Å². The number of rotatable bonds is 5. The van der Waals surface area contributed by atoms with Crippen LogP contribution in [0.25, 0.3) is 0 Å². The summed E-state index contributed by atoms with van der Waals surface area (Å²) in [6, 6.07) is 6.31. The fourth-order valence-corrected chi connectivity index (χ4v) is 1.26. The van der Waals surface area contributed by atoms with Gasteiger partial charge >= 0.3 is 7.12 Å². The molecule has 0 bridgehead atoms. The molecular formula is C10H14BN5O3. The third kappa shape index (κ3) is 4.18. The zero-order chi connectivity index (χ0) is 14.4. The highest BCUT2D eigenvalue weighted by Crippen LogP contribution is 2.00. The van der Waals surface area contributed by atoms with Crippen LogP contribution in [0.2, 0.25) is 0 Å². The molecule has 0 aliphatic carbocycles. The molecule has 0 aliphatic rings. The highest BCUT2D eigenvalue weighted by Gasteiger charge is 2.11. The van der Waals surface area contributed by atoms with Crippen molar-refractivity contribution in [3.8, 4) is 0 Å². The summed E-state index contributed by atoms with van der Waals surface area (Å²) >= 11 is 0. The number of aliphatic imine (C=N–C) groups is 1. The average molecular weight is 263 g/mol. The molecule has 8 nitrogen and oxygen atoms in total. The van der Waals surface area contributed by atoms with Crippen molar-refractivity contribution in [3.63, 3.8) is 0 Å². The predicted molar refractivity (Wildman–Crippen MR) is 72.0 cm³/mol. The van der Waals surface area contributed by atoms with E-state index in [-0.39, 0.29) is 12.4 Å². The Morgan fingerprint density at radius 2 is 1.84 bits per heavy atom. The number of amidine groups is 2. The van der Waals surface area contributed by atoms with Crippen LogP contribution in [-0.4, -0.2) is 39.8 Å². The van der Waals surface area contributed by atoms with Crippen molar-refractivity contribution in [2.24, 2.45) is 10.7 Å². The fraction of sp³-hybridized carbons (Fsp3) is 0.100. The molecule has 0 fully saturated rings. The number of benzene rings is 1. The summed E-state index contributed by atoms with van der Waals surface area (Å²) in [5, 5.41) is 41.1. The number of hydrogen-bond donors (Lipinski definition) is 7. The number of hydroxylamine groups is 1. The summed E-state index contributed by atoms with van der Waals surface area (Å²) in [6.45, 7) is 0.139. The second-order valence-electron chi connectivity index (χ2n) is 3.68. The normalized spacial score (nSPS) is 11.0. The fourth-order valence-electron chi connectivity index (χ4n) is 1.26. The van der Waals surface area contributed by atoms with Crippen molar-refractivity contribution in [2.75, 3.05) is 0 Å². The minimum absolute atomic E-state index is 0.139. The largest absolute Gasteiger partial charge is 0.488 e. The molecule has 9 heteroatoms. The van der Waals surface area contributed by atoms with Gasteiger partial charge in [0.05, 0.1) is 6.54 Å². The molecule has 19 heavy (non-hydrogen) atoms. The van der Waals surface area contributed by atoms with Crippen LogP contribution in [0.15, 0.2) is 29.3 Å². The minimum atomic E-state index is -1.53. The molecule has 0 aliphatic heterocycles. The van der Waals surface area contributed by atoms with Gasteiger partial charge in [0.25, 0.3) is 0 Å². The molecule has 1 aromatic carbocycles. The highest BCUT2D eigenvalue weighted by atomic mass is 16.5. The standard InChI is InChI=1S/C10H14BN5O3/c12-8(9(13)14)10(16-19)15-5-6-1-3-7(4-2-6)11(17)18/h1-4,12,17-19H,5H2,(H3,13,14)(H,15,16). The lowest BCUT2D eigenvalue weighted by Crippen LogP contribution is -2.37. The van der Waals surface area contributed by atoms with Crippen LogP contribution in [0.3, 0.4) is 0 Å². The van der Waals surface area contributed by atoms with E-state index in [1.54, 1.807) is 17.6 Å². The van der Waals surface area contributed by atoms with E-state index < -0.39 is 18.7 Å². The summed E-state index contributed by atoms with van der Waals surface area (Å²) in [5.41, 5.74) is 7.48. The molecule has 0 atom stereocenters. The lowest BCUT2D eigenvalue weighted by atomic mass is 9.80. The summed E-state index contributed by atoms with van der Waals surface area (Å²) in [5.74, 6) is -0.724. The minimum Gasteiger partial charge on any atom is -0.423 e. The predicted octanol–water partition coefficient (Wildman–Crippen LogP) is -1.80. The van der Waals surface area contributed by atoms with E-state index >= 15 is 0 Å². The van der Waals surface area contributed by atoms with E-state index in [0.29, 0.717) is 5.46 Å². The van der Waals surface area contributed by atoms with Gasteiger partial charge in [-0.15, -0.1) is 0 Å². The van der Waals surface area contributed by atoms with Gasteiger partial charge in [0.1, 0.15) is 11.5 Å². The summed E-state index contributed by atoms with van der Waals surface area (Å²) < 4.78 is 0. The van der Waals surface area contributed by atoms with Gasteiger partial charge in [-0.1, -0.05) is 24.3 Å². The summed E-state index contributed by atoms with van der Waals surface area (Å²) in [7, 11) is -1.53. The van der Waals surface area contributed by atoms with Crippen LogP contribution < -0.4 is 16.7 Å². The lowest BCUT2D eigenvalue weighted by molar-refractivity contribution is 0.236. The maximum absolute atomic E-state index is 8.92. The molecule has 0 saturated heterocycles. The number of hydrogen-bond acceptors (Lipinski definition) is 6. The van der Waals surface area contributed by atoms with E-state index in [0.717, 1.165) is 5.56 Å². The molecule has 0 spiro atoms. The lowest BCUT2D eigenvalue weighted by Gasteiger charge is -2.05. The first-order chi connectivity index (χ1) is 8.95. The van der Waals surface area contributed by atoms with Gasteiger partial charge in [-0.25, -0.2) is 0 Å². The Morgan fingerprint density at radius 3 is 2.26 bits per heavy atom. The number of nitrogens with zero attached hydrogens (tertiary/aromatic N) is 1. The number of nitrogens with two attached hydrogens (primary N) is 1. The first-order valence-electron chi connectivity index (χ1n) is 5.28. The maximum Gasteiger partial charge on any atom is 0.488 e. The third-order valence-electron chi connectivity index (χ3n) is 2.31. The molecule has 0 heterocycles. The Balaban J connectivity index is 2.78. The van der Waals surface area contributed by atoms with Crippen molar-refractivity contribution >= 4 is 30.0 Å². The first kappa shape index (κ1) is 14.8. The van der Waals surface area contributed by atoms with Crippen molar-refractivity contribution < 1.29 is 15.3 Å². The van der Waals surface area contributed by atoms with Crippen LogP contribution >= 0.6 is 0 Å². The summed E-state index contributed by atoms with van der Waals surface area (Å²) in [6.07, 6.45) is 0. The van der Waals surface area contributed by atoms with Crippen molar-refractivity contribution in [3.05, 3.63) is 29.8 Å². The van der Waals surface area contributed by atoms with Crippen molar-refractivity contribution in [1.29, 1.82) is 10.8 Å². The average Bonchev–Trinajstić information content (AvgIpc) is 2.39. The molecule has 0 amide bonds. The van der Waals surface area contributed by atoms with Gasteiger partial charge in [0, 0.05) is 0 Å². The third-order valence-corrected chi connectivity index (χ3v) is 2.31. The smallest absolute Gasteiger partial charge is 0.423 e. The SMILES string of the molecule is N=C(N)C(=N)C(=NCc1ccc(B(O)O)cc1)NO. The maximum atomic E-state index is 8.92. The van der Waals surface area contributed by atoms with Gasteiger partial charge in [0.15, 0.2) is 5.84 Å². The first-order valence-corrected chi connectivity index (χ1v) is 5.28. The van der Waals surface area contributed by atoms with Crippen molar-refractivity contribution in [2.45, 2.75) is 6.54 Å². The van der Waals surface area contributed by atoms with E-state index in [1.807, 2.05) is 0 Å². The van der Waals surface area contributed by atoms with Crippen molar-refractivity contribution in [1.82, 2.24) is 5.48 Å². The van der Waals surface area contributed by atoms with E-state index in [2.05, 4.69) is 4.99 Å². The Bertz CT molecular complexity index is 500. The molecule has 1 aromatic rings. The van der Waals surface area contributed by atoms with Crippen LogP contribution in [0.1, 0.15) is 5.56 Å². The van der Waals surface area contributed by atoms with Gasteiger partial charge in [0.2, 0.25) is 0 Å². The molecule has 0 aromatic heterocycles. The van der Waals surface area contributed by atoms with Crippen LogP contribution in [-0.2, 0) is 6.54 Å². The molecule has 0 unspecified atom stereocenters. The molecule has 0 saturated carbocycles. The topological polar surface area (TPSA) is 159 Å². The van der Waals surface area contributed by atoms with Gasteiger partial charge < -0.3 is 15.8 Å². The Morgan fingerprint density at radius 1 is 1.26 bits per heavy atom. The Hall–Kier alpha value is -2.23. The highest BCUT2D eigenvalue weighted by molar-refractivity contribution is 6.65. The van der Waals surface area contributed by atoms with Gasteiger partial charge in [-0.3, -0.25) is 26.5 Å². The zero-order valence-electron chi connectivity index (χ0n) is 9.96. The second-order valence-corrected chi connectivity index (χ2v) is 3.68. The van der Waals surface area contributed by atoms with Gasteiger partial charge in [-0.2, -0.15) is 0 Å². The van der Waals surface area contributed by atoms with E-state index in [9.17, 15) is 0 Å². The summed E-state index contributed by atoms with van der Waals surface area (Å²) in [4.78, 5) is 3.89. The molecule has 1 rings (SSSR count). The van der Waals surface area contributed by atoms with Crippen LogP contribution in [0.4, 0.5) is 0 Å². The monoisotopic (exact) mass is 263 g/mol. The molecule has 100 valence electrons. The second kappa shape index (κ2) is 6.64. The molecular weight excluding hydrogens is 249 g/mol. The van der Waals surface area contributed by atoms with E-state index in [1.165, 1.54) is 12.1 Å². The molecule has 8 N–H and O–H groups in total. The van der Waals surface area contributed by atoms with E-state index in [4.69, 9.17) is 31.8 Å². The zero-order valence-corrected chi connectivity index (χ0v) is 9.96. The van der Waals surface area contributed by atoms with Gasteiger partial charge in [-0.05, 0) is 11.0 Å².